The third-order valence-corrected chi connectivity index (χ3v) is 5.08. The zero-order chi connectivity index (χ0) is 19.7. The van der Waals surface area contributed by atoms with Crippen molar-refractivity contribution in [2.24, 2.45) is 0 Å². The van der Waals surface area contributed by atoms with Gasteiger partial charge >= 0.3 is 5.97 Å². The Labute approximate surface area is 159 Å². The van der Waals surface area contributed by atoms with E-state index in [0.717, 1.165) is 25.1 Å². The fourth-order valence-electron chi connectivity index (χ4n) is 4.01. The van der Waals surface area contributed by atoms with Crippen molar-refractivity contribution in [2.75, 3.05) is 23.4 Å². The van der Waals surface area contributed by atoms with Gasteiger partial charge in [-0.05, 0) is 58.7 Å². The highest BCUT2D eigenvalue weighted by Gasteiger charge is 2.36. The lowest BCUT2D eigenvalue weighted by Crippen LogP contribution is -2.44. The number of fused-ring (bicyclic) bond motifs is 3. The Morgan fingerprint density at radius 3 is 2.63 bits per heavy atom. The average molecular weight is 373 g/mol. The molecule has 2 heterocycles. The molecule has 1 N–H and O–H groups in total. The topological polar surface area (TPSA) is 79.0 Å². The van der Waals surface area contributed by atoms with Crippen LogP contribution in [0.1, 0.15) is 50.9 Å². The van der Waals surface area contributed by atoms with Crippen molar-refractivity contribution in [3.63, 3.8) is 0 Å². The number of hydrogen-bond donors (Lipinski definition) is 1. The quantitative estimate of drug-likeness (QED) is 0.802. The first-order valence-electron chi connectivity index (χ1n) is 9.49. The molecule has 27 heavy (non-hydrogen) atoms. The van der Waals surface area contributed by atoms with Gasteiger partial charge in [0.2, 0.25) is 5.91 Å². The molecule has 0 bridgehead atoms. The van der Waals surface area contributed by atoms with Gasteiger partial charge in [0, 0.05) is 18.6 Å². The average Bonchev–Trinajstić information content (AvgIpc) is 3.09. The summed E-state index contributed by atoms with van der Waals surface area (Å²) in [5.41, 5.74) is 1.86. The summed E-state index contributed by atoms with van der Waals surface area (Å²) >= 11 is 0. The second kappa shape index (κ2) is 7.58. The van der Waals surface area contributed by atoms with E-state index in [2.05, 4.69) is 10.2 Å². The molecule has 0 spiro atoms. The maximum Gasteiger partial charge on any atom is 0.338 e. The number of nitrogens with zero attached hydrogens (tertiary/aromatic N) is 2. The first-order valence-corrected chi connectivity index (χ1v) is 9.49. The Kier molecular flexibility index (Phi) is 5.39. The van der Waals surface area contributed by atoms with E-state index in [4.69, 9.17) is 4.74 Å². The molecule has 3 rings (SSSR count). The van der Waals surface area contributed by atoms with Gasteiger partial charge in [0.25, 0.3) is 5.91 Å². The fraction of sp³-hybridized carbons (Fsp3) is 0.550. The second-order valence-electron chi connectivity index (χ2n) is 7.64. The number of anilines is 2. The third-order valence-electron chi connectivity index (χ3n) is 5.08. The summed E-state index contributed by atoms with van der Waals surface area (Å²) in [5, 5.41) is 2.88. The number of rotatable bonds is 5. The van der Waals surface area contributed by atoms with Crippen molar-refractivity contribution in [3.8, 4) is 0 Å². The molecule has 2 aliphatic rings. The maximum absolute atomic E-state index is 12.4. The molecule has 2 amide bonds. The van der Waals surface area contributed by atoms with E-state index in [1.165, 1.54) is 0 Å². The first-order chi connectivity index (χ1) is 12.8. The number of carbonyl (C=O) groups excluding carboxylic acids is 3. The largest absolute Gasteiger partial charge is 0.452 e. The molecule has 1 atom stereocenters. The lowest BCUT2D eigenvalue weighted by atomic mass is 10.1. The van der Waals surface area contributed by atoms with Crippen molar-refractivity contribution in [3.05, 3.63) is 23.8 Å². The van der Waals surface area contributed by atoms with Gasteiger partial charge in [-0.25, -0.2) is 4.79 Å². The third kappa shape index (κ3) is 3.77. The van der Waals surface area contributed by atoms with Crippen LogP contribution in [-0.2, 0) is 14.3 Å². The molecule has 1 aromatic carbocycles. The second-order valence-corrected chi connectivity index (χ2v) is 7.64. The standard InChI is InChI=1S/C20H27N3O4/c1-12(2)23(13(3)4)18(24)11-27-20(26)14-7-8-16-15(10-14)21-19(25)17-6-5-9-22(16)17/h7-8,10,12-13,17H,5-6,9,11H2,1-4H3,(H,21,25)/t17-/m0/s1. The minimum absolute atomic E-state index is 0.0311. The lowest BCUT2D eigenvalue weighted by Gasteiger charge is -2.33. The maximum atomic E-state index is 12.4. The van der Waals surface area contributed by atoms with E-state index in [1.54, 1.807) is 17.0 Å². The van der Waals surface area contributed by atoms with Crippen LogP contribution in [0.2, 0.25) is 0 Å². The predicted molar refractivity (Wildman–Crippen MR) is 103 cm³/mol. The van der Waals surface area contributed by atoms with Crippen molar-refractivity contribution >= 4 is 29.2 Å². The normalized spacial score (nSPS) is 18.2. The fourth-order valence-corrected chi connectivity index (χ4v) is 4.01. The summed E-state index contributed by atoms with van der Waals surface area (Å²) < 4.78 is 5.22. The molecule has 0 unspecified atom stereocenters. The molecular formula is C20H27N3O4. The van der Waals surface area contributed by atoms with Gasteiger partial charge in [-0.1, -0.05) is 0 Å². The van der Waals surface area contributed by atoms with E-state index in [1.807, 2.05) is 33.8 Å². The molecule has 2 aliphatic heterocycles. The van der Waals surface area contributed by atoms with Crippen LogP contribution in [0.3, 0.4) is 0 Å². The summed E-state index contributed by atoms with van der Waals surface area (Å²) in [4.78, 5) is 40.7. The van der Waals surface area contributed by atoms with Gasteiger partial charge in [0.15, 0.2) is 6.61 Å². The van der Waals surface area contributed by atoms with E-state index < -0.39 is 5.97 Å². The Hall–Kier alpha value is -2.57. The summed E-state index contributed by atoms with van der Waals surface area (Å²) in [5.74, 6) is -0.832. The Balaban J connectivity index is 1.69. The van der Waals surface area contributed by atoms with Gasteiger partial charge < -0.3 is 19.9 Å². The molecule has 0 saturated carbocycles. The number of hydrogen-bond acceptors (Lipinski definition) is 5. The van der Waals surface area contributed by atoms with Crippen LogP contribution in [0.4, 0.5) is 11.4 Å². The minimum Gasteiger partial charge on any atom is -0.452 e. The molecule has 146 valence electrons. The zero-order valence-corrected chi connectivity index (χ0v) is 16.3. The number of esters is 1. The van der Waals surface area contributed by atoms with Crippen LogP contribution >= 0.6 is 0 Å². The molecule has 7 heteroatoms. The summed E-state index contributed by atoms with van der Waals surface area (Å²) in [6, 6.07) is 5.08. The number of carbonyl (C=O) groups is 3. The minimum atomic E-state index is -0.573. The molecule has 1 fully saturated rings. The number of nitrogens with one attached hydrogen (secondary N) is 1. The molecule has 1 aromatic rings. The summed E-state index contributed by atoms with van der Waals surface area (Å²) in [7, 11) is 0. The van der Waals surface area contributed by atoms with Gasteiger partial charge in [0.1, 0.15) is 6.04 Å². The molecular weight excluding hydrogens is 346 g/mol. The van der Waals surface area contributed by atoms with Gasteiger partial charge in [-0.2, -0.15) is 0 Å². The highest BCUT2D eigenvalue weighted by molar-refractivity contribution is 6.05. The summed E-state index contributed by atoms with van der Waals surface area (Å²) in [6.45, 7) is 8.25. The molecule has 7 nitrogen and oxygen atoms in total. The van der Waals surface area contributed by atoms with E-state index in [9.17, 15) is 14.4 Å². The number of benzene rings is 1. The van der Waals surface area contributed by atoms with Crippen LogP contribution in [0.25, 0.3) is 0 Å². The van der Waals surface area contributed by atoms with Gasteiger partial charge in [-0.3, -0.25) is 9.59 Å². The Morgan fingerprint density at radius 1 is 1.26 bits per heavy atom. The Bertz CT molecular complexity index is 752. The van der Waals surface area contributed by atoms with Crippen molar-refractivity contribution < 1.29 is 19.1 Å². The van der Waals surface area contributed by atoms with Crippen LogP contribution in [0, 0.1) is 0 Å². The molecule has 1 saturated heterocycles. The van der Waals surface area contributed by atoms with Crippen molar-refractivity contribution in [1.29, 1.82) is 0 Å². The lowest BCUT2D eigenvalue weighted by molar-refractivity contribution is -0.138. The number of ether oxygens (including phenoxy) is 1. The molecule has 0 aliphatic carbocycles. The molecule has 0 radical (unpaired) electrons. The highest BCUT2D eigenvalue weighted by Crippen LogP contribution is 2.37. The zero-order valence-electron chi connectivity index (χ0n) is 16.3. The smallest absolute Gasteiger partial charge is 0.338 e. The predicted octanol–water partition coefficient (Wildman–Crippen LogP) is 2.41. The molecule has 0 aromatic heterocycles. The van der Waals surface area contributed by atoms with E-state index in [-0.39, 0.29) is 36.5 Å². The van der Waals surface area contributed by atoms with Gasteiger partial charge in [-0.15, -0.1) is 0 Å². The van der Waals surface area contributed by atoms with Crippen molar-refractivity contribution in [2.45, 2.75) is 58.7 Å². The van der Waals surface area contributed by atoms with Crippen LogP contribution in [0.15, 0.2) is 18.2 Å². The summed E-state index contributed by atoms with van der Waals surface area (Å²) in [6.07, 6.45) is 1.82. The first kappa shape index (κ1) is 19.2. The van der Waals surface area contributed by atoms with Crippen LogP contribution < -0.4 is 10.2 Å². The van der Waals surface area contributed by atoms with Crippen LogP contribution in [-0.4, -0.2) is 54.0 Å². The number of amides is 2. The SMILES string of the molecule is CC(C)N(C(=O)COC(=O)c1ccc2c(c1)NC(=O)[C@@H]1CCCN21)C(C)C. The highest BCUT2D eigenvalue weighted by atomic mass is 16.5. The van der Waals surface area contributed by atoms with E-state index in [0.29, 0.717) is 11.3 Å². The van der Waals surface area contributed by atoms with Crippen molar-refractivity contribution in [1.82, 2.24) is 4.90 Å². The van der Waals surface area contributed by atoms with E-state index >= 15 is 0 Å². The Morgan fingerprint density at radius 2 is 1.96 bits per heavy atom. The van der Waals surface area contributed by atoms with Crippen LogP contribution in [0.5, 0.6) is 0 Å². The monoisotopic (exact) mass is 373 g/mol. The van der Waals surface area contributed by atoms with Gasteiger partial charge in [0.05, 0.1) is 16.9 Å².